The molecule has 0 bridgehead atoms. The molecule has 0 unspecified atom stereocenters. The van der Waals surface area contributed by atoms with Gasteiger partial charge in [-0.3, -0.25) is 9.82 Å². The molecule has 1 heterocycles. The first-order valence-corrected chi connectivity index (χ1v) is 6.94. The molecule has 1 aromatic carbocycles. The quantitative estimate of drug-likeness (QED) is 0.747. The summed E-state index contributed by atoms with van der Waals surface area (Å²) in [6.07, 6.45) is 1.48. The van der Waals surface area contributed by atoms with Crippen molar-refractivity contribution in [3.63, 3.8) is 0 Å². The van der Waals surface area contributed by atoms with Crippen LogP contribution in [0.2, 0.25) is 0 Å². The zero-order valence-electron chi connectivity index (χ0n) is 10.3. The Kier molecular flexibility index (Phi) is 3.72. The lowest BCUT2D eigenvalue weighted by molar-refractivity contribution is 0.414. The predicted octanol–water partition coefficient (Wildman–Crippen LogP) is 0.678. The average Bonchev–Trinajstić information content (AvgIpc) is 2.85. The fourth-order valence-electron chi connectivity index (χ4n) is 1.50. The number of sulfonamides is 1. The molecule has 8 heteroatoms. The van der Waals surface area contributed by atoms with E-state index in [1.165, 1.54) is 25.4 Å². The number of anilines is 1. The van der Waals surface area contributed by atoms with Crippen molar-refractivity contribution in [1.82, 2.24) is 10.2 Å². The summed E-state index contributed by atoms with van der Waals surface area (Å²) in [7, 11) is -2.16. The van der Waals surface area contributed by atoms with Crippen LogP contribution in [0, 0.1) is 0 Å². The van der Waals surface area contributed by atoms with Gasteiger partial charge < -0.3 is 10.5 Å². The molecule has 102 valence electrons. The van der Waals surface area contributed by atoms with Gasteiger partial charge in [0.05, 0.1) is 18.2 Å². The summed E-state index contributed by atoms with van der Waals surface area (Å²) in [6, 6.07) is 6.07. The van der Waals surface area contributed by atoms with Crippen LogP contribution in [0.15, 0.2) is 35.4 Å². The van der Waals surface area contributed by atoms with Gasteiger partial charge in [-0.2, -0.15) is 5.10 Å². The summed E-state index contributed by atoms with van der Waals surface area (Å²) < 4.78 is 31.6. The third-order valence-electron chi connectivity index (χ3n) is 2.54. The Morgan fingerprint density at radius 2 is 2.05 bits per heavy atom. The van der Waals surface area contributed by atoms with Crippen molar-refractivity contribution in [2.45, 2.75) is 11.4 Å². The molecule has 0 aliphatic carbocycles. The Bertz CT molecular complexity index is 649. The van der Waals surface area contributed by atoms with Gasteiger partial charge in [0.2, 0.25) is 0 Å². The van der Waals surface area contributed by atoms with Gasteiger partial charge in [0.15, 0.2) is 0 Å². The van der Waals surface area contributed by atoms with Crippen molar-refractivity contribution in [3.8, 4) is 5.75 Å². The SMILES string of the molecule is COc1ccc(S(=O)(=O)Nc2[nH]ncc2CN)cc1. The number of H-pyrrole nitrogens is 1. The van der Waals surface area contributed by atoms with Crippen LogP contribution in [0.4, 0.5) is 5.82 Å². The summed E-state index contributed by atoms with van der Waals surface area (Å²) in [5.74, 6) is 0.862. The minimum absolute atomic E-state index is 0.130. The van der Waals surface area contributed by atoms with Crippen LogP contribution < -0.4 is 15.2 Å². The Balaban J connectivity index is 2.27. The van der Waals surface area contributed by atoms with E-state index in [4.69, 9.17) is 10.5 Å². The number of ether oxygens (including phenoxy) is 1. The molecule has 19 heavy (non-hydrogen) atoms. The number of benzene rings is 1. The van der Waals surface area contributed by atoms with Crippen molar-refractivity contribution in [2.75, 3.05) is 11.8 Å². The highest BCUT2D eigenvalue weighted by molar-refractivity contribution is 7.92. The third kappa shape index (κ3) is 2.85. The van der Waals surface area contributed by atoms with Gasteiger partial charge in [0.1, 0.15) is 11.6 Å². The lowest BCUT2D eigenvalue weighted by Crippen LogP contribution is -2.15. The van der Waals surface area contributed by atoms with Crippen LogP contribution >= 0.6 is 0 Å². The van der Waals surface area contributed by atoms with Gasteiger partial charge in [-0.25, -0.2) is 8.42 Å². The normalized spacial score (nSPS) is 11.3. The lowest BCUT2D eigenvalue weighted by atomic mass is 10.3. The van der Waals surface area contributed by atoms with Crippen molar-refractivity contribution in [2.24, 2.45) is 5.73 Å². The second-order valence-electron chi connectivity index (χ2n) is 3.76. The minimum Gasteiger partial charge on any atom is -0.497 e. The minimum atomic E-state index is -3.67. The first-order chi connectivity index (χ1) is 9.06. The molecule has 0 saturated carbocycles. The van der Waals surface area contributed by atoms with Gasteiger partial charge in [0.25, 0.3) is 10.0 Å². The molecule has 2 rings (SSSR count). The van der Waals surface area contributed by atoms with Crippen LogP contribution in [0.5, 0.6) is 5.75 Å². The van der Waals surface area contributed by atoms with Crippen LogP contribution in [0.3, 0.4) is 0 Å². The molecule has 4 N–H and O–H groups in total. The summed E-state index contributed by atoms with van der Waals surface area (Å²) in [5.41, 5.74) is 6.07. The Morgan fingerprint density at radius 1 is 1.37 bits per heavy atom. The summed E-state index contributed by atoms with van der Waals surface area (Å²) >= 11 is 0. The van der Waals surface area contributed by atoms with Gasteiger partial charge in [-0.05, 0) is 24.3 Å². The second-order valence-corrected chi connectivity index (χ2v) is 5.44. The van der Waals surface area contributed by atoms with E-state index < -0.39 is 10.0 Å². The Morgan fingerprint density at radius 3 is 2.63 bits per heavy atom. The first-order valence-electron chi connectivity index (χ1n) is 5.46. The van der Waals surface area contributed by atoms with Crippen LogP contribution in [-0.4, -0.2) is 25.7 Å². The van der Waals surface area contributed by atoms with Gasteiger partial charge in [-0.1, -0.05) is 0 Å². The van der Waals surface area contributed by atoms with Crippen LogP contribution in [-0.2, 0) is 16.6 Å². The number of hydrogen-bond acceptors (Lipinski definition) is 5. The molecule has 0 fully saturated rings. The topological polar surface area (TPSA) is 110 Å². The van der Waals surface area contributed by atoms with Gasteiger partial charge in [-0.15, -0.1) is 0 Å². The molecule has 2 aromatic rings. The largest absolute Gasteiger partial charge is 0.497 e. The van der Waals surface area contributed by atoms with Gasteiger partial charge >= 0.3 is 0 Å². The average molecular weight is 282 g/mol. The first kappa shape index (κ1) is 13.4. The summed E-state index contributed by atoms with van der Waals surface area (Å²) in [5, 5.41) is 6.31. The molecular weight excluding hydrogens is 268 g/mol. The van der Waals surface area contributed by atoms with Crippen molar-refractivity contribution in [1.29, 1.82) is 0 Å². The van der Waals surface area contributed by atoms with Crippen molar-refractivity contribution in [3.05, 3.63) is 36.0 Å². The smallest absolute Gasteiger partial charge is 0.263 e. The van der Waals surface area contributed by atoms with Crippen LogP contribution in [0.25, 0.3) is 0 Å². The third-order valence-corrected chi connectivity index (χ3v) is 3.91. The van der Waals surface area contributed by atoms with E-state index in [0.717, 1.165) is 0 Å². The van der Waals surface area contributed by atoms with E-state index in [-0.39, 0.29) is 17.3 Å². The number of nitrogens with one attached hydrogen (secondary N) is 2. The Labute approximate surface area is 110 Å². The highest BCUT2D eigenvalue weighted by Crippen LogP contribution is 2.19. The maximum atomic E-state index is 12.1. The van der Waals surface area contributed by atoms with E-state index in [9.17, 15) is 8.42 Å². The molecule has 0 amide bonds. The number of aromatic amines is 1. The maximum absolute atomic E-state index is 12.1. The van der Waals surface area contributed by atoms with Crippen LogP contribution in [0.1, 0.15) is 5.56 Å². The highest BCUT2D eigenvalue weighted by Gasteiger charge is 2.16. The molecule has 0 radical (unpaired) electrons. The molecule has 0 aliphatic rings. The lowest BCUT2D eigenvalue weighted by Gasteiger charge is -2.08. The van der Waals surface area contributed by atoms with Gasteiger partial charge in [0, 0.05) is 12.1 Å². The predicted molar refractivity (Wildman–Crippen MR) is 70.3 cm³/mol. The molecule has 0 saturated heterocycles. The molecule has 7 nitrogen and oxygen atoms in total. The highest BCUT2D eigenvalue weighted by atomic mass is 32.2. The van der Waals surface area contributed by atoms with E-state index >= 15 is 0 Å². The number of nitrogens with two attached hydrogens (primary N) is 1. The summed E-state index contributed by atoms with van der Waals surface area (Å²) in [6.45, 7) is 0.191. The fraction of sp³-hybridized carbons (Fsp3) is 0.182. The number of nitrogens with zero attached hydrogens (tertiary/aromatic N) is 1. The zero-order chi connectivity index (χ0) is 13.9. The fourth-order valence-corrected chi connectivity index (χ4v) is 2.56. The van der Waals surface area contributed by atoms with Crippen molar-refractivity contribution >= 4 is 15.8 Å². The van der Waals surface area contributed by atoms with E-state index in [0.29, 0.717) is 11.3 Å². The van der Waals surface area contributed by atoms with E-state index in [2.05, 4.69) is 14.9 Å². The Hall–Kier alpha value is -2.06. The summed E-state index contributed by atoms with van der Waals surface area (Å²) in [4.78, 5) is 0.130. The van der Waals surface area contributed by atoms with E-state index in [1.807, 2.05) is 0 Å². The molecule has 0 atom stereocenters. The molecule has 0 aliphatic heterocycles. The second kappa shape index (κ2) is 5.29. The number of rotatable bonds is 5. The van der Waals surface area contributed by atoms with E-state index in [1.54, 1.807) is 12.1 Å². The molecule has 0 spiro atoms. The standard InChI is InChI=1S/C11H14N4O3S/c1-18-9-2-4-10(5-3-9)19(16,17)15-11-8(6-12)7-13-14-11/h2-5,7H,6,12H2,1H3,(H2,13,14,15). The van der Waals surface area contributed by atoms with Crippen molar-refractivity contribution < 1.29 is 13.2 Å². The zero-order valence-corrected chi connectivity index (χ0v) is 11.1. The molecular formula is C11H14N4O3S. The number of methoxy groups -OCH3 is 1. The number of aromatic nitrogens is 2. The maximum Gasteiger partial charge on any atom is 0.263 e. The monoisotopic (exact) mass is 282 g/mol. The molecule has 1 aromatic heterocycles. The number of hydrogen-bond donors (Lipinski definition) is 3.